The molecule has 0 saturated heterocycles. The Morgan fingerprint density at radius 1 is 1.10 bits per heavy atom. The second-order valence-electron chi connectivity index (χ2n) is 4.33. The minimum atomic E-state index is -0.231. The second-order valence-corrected chi connectivity index (χ2v) is 4.33. The molecule has 0 atom stereocenters. The van der Waals surface area contributed by atoms with Gasteiger partial charge < -0.3 is 10.8 Å². The molecule has 0 amide bonds. The minimum Gasteiger partial charge on any atom is -0.507 e. The van der Waals surface area contributed by atoms with Crippen molar-refractivity contribution in [3.8, 4) is 5.75 Å². The number of hydrogen-bond acceptors (Lipinski definition) is 4. The number of ketones is 2. The Balaban J connectivity index is 2.20. The standard InChI is InChI=1S/C15H14N2O3/c16-8-14(19)11-4-3-7-17(9-11)10-15(20)12-5-1-2-6-13(12)18/h1-7,9H,8,10,16H2/p+1. The summed E-state index contributed by atoms with van der Waals surface area (Å²) in [5.74, 6) is -0.466. The zero-order chi connectivity index (χ0) is 14.5. The number of hydrogen-bond donors (Lipinski definition) is 2. The fourth-order valence-corrected chi connectivity index (χ4v) is 1.86. The van der Waals surface area contributed by atoms with Crippen molar-refractivity contribution in [3.63, 3.8) is 0 Å². The lowest BCUT2D eigenvalue weighted by atomic mass is 10.1. The molecule has 0 aliphatic carbocycles. The number of pyridine rings is 1. The first-order valence-corrected chi connectivity index (χ1v) is 6.15. The quantitative estimate of drug-likeness (QED) is 0.619. The molecule has 0 aliphatic heterocycles. The van der Waals surface area contributed by atoms with Gasteiger partial charge in [0.05, 0.1) is 17.7 Å². The van der Waals surface area contributed by atoms with Gasteiger partial charge in [0.15, 0.2) is 18.2 Å². The van der Waals surface area contributed by atoms with Crippen LogP contribution in [0.4, 0.5) is 0 Å². The molecular weight excluding hydrogens is 256 g/mol. The van der Waals surface area contributed by atoms with Gasteiger partial charge in [-0.1, -0.05) is 12.1 Å². The maximum Gasteiger partial charge on any atom is 0.231 e. The second kappa shape index (κ2) is 6.08. The molecular formula is C15H15N2O3+. The van der Waals surface area contributed by atoms with Gasteiger partial charge in [0, 0.05) is 6.07 Å². The normalized spacial score (nSPS) is 10.2. The minimum absolute atomic E-state index is 0.0449. The van der Waals surface area contributed by atoms with Crippen molar-refractivity contribution in [2.75, 3.05) is 6.54 Å². The van der Waals surface area contributed by atoms with Crippen LogP contribution in [0, 0.1) is 0 Å². The van der Waals surface area contributed by atoms with Gasteiger partial charge in [0.25, 0.3) is 0 Å². The van der Waals surface area contributed by atoms with Gasteiger partial charge in [0.1, 0.15) is 5.75 Å². The molecule has 1 aromatic heterocycles. The summed E-state index contributed by atoms with van der Waals surface area (Å²) in [6.45, 7) is -0.0271. The van der Waals surface area contributed by atoms with Crippen molar-refractivity contribution in [1.29, 1.82) is 0 Å². The van der Waals surface area contributed by atoms with Gasteiger partial charge in [-0.05, 0) is 18.2 Å². The lowest BCUT2D eigenvalue weighted by Gasteiger charge is -2.02. The number of phenols is 1. The third kappa shape index (κ3) is 3.07. The van der Waals surface area contributed by atoms with Crippen LogP contribution in [0.15, 0.2) is 48.8 Å². The van der Waals surface area contributed by atoms with Crippen molar-refractivity contribution >= 4 is 11.6 Å². The first kappa shape index (κ1) is 13.9. The van der Waals surface area contributed by atoms with Crippen LogP contribution in [0.25, 0.3) is 0 Å². The third-order valence-electron chi connectivity index (χ3n) is 2.90. The SMILES string of the molecule is NCC(=O)c1ccc[n+](CC(=O)c2ccccc2O)c1. The topological polar surface area (TPSA) is 84.3 Å². The molecule has 0 radical (unpaired) electrons. The number of para-hydroxylation sites is 1. The monoisotopic (exact) mass is 271 g/mol. The predicted octanol–water partition coefficient (Wildman–Crippen LogP) is 0.704. The van der Waals surface area contributed by atoms with Gasteiger partial charge in [-0.3, -0.25) is 9.59 Å². The number of Topliss-reactive ketones (excluding diaryl/α,β-unsaturated/α-hetero) is 2. The smallest absolute Gasteiger partial charge is 0.231 e. The van der Waals surface area contributed by atoms with Crippen LogP contribution in [0.1, 0.15) is 20.7 Å². The Morgan fingerprint density at radius 2 is 1.85 bits per heavy atom. The fourth-order valence-electron chi connectivity index (χ4n) is 1.86. The highest BCUT2D eigenvalue weighted by atomic mass is 16.3. The molecule has 1 aromatic carbocycles. The number of aromatic hydroxyl groups is 1. The lowest BCUT2D eigenvalue weighted by molar-refractivity contribution is -0.683. The summed E-state index contributed by atoms with van der Waals surface area (Å²) < 4.78 is 1.59. The Bertz CT molecular complexity index is 653. The van der Waals surface area contributed by atoms with Crippen LogP contribution < -0.4 is 10.3 Å². The molecule has 0 fully saturated rings. The van der Waals surface area contributed by atoms with Gasteiger partial charge >= 0.3 is 0 Å². The van der Waals surface area contributed by atoms with Crippen LogP contribution in [-0.4, -0.2) is 23.2 Å². The average molecular weight is 271 g/mol. The van der Waals surface area contributed by atoms with Crippen LogP contribution in [0.2, 0.25) is 0 Å². The molecule has 5 nitrogen and oxygen atoms in total. The summed E-state index contributed by atoms with van der Waals surface area (Å²) in [6, 6.07) is 9.70. The fraction of sp³-hybridized carbons (Fsp3) is 0.133. The van der Waals surface area contributed by atoms with Gasteiger partial charge in [-0.25, -0.2) is 0 Å². The first-order chi connectivity index (χ1) is 9.61. The van der Waals surface area contributed by atoms with Gasteiger partial charge in [0.2, 0.25) is 12.3 Å². The zero-order valence-corrected chi connectivity index (χ0v) is 10.8. The summed E-state index contributed by atoms with van der Waals surface area (Å²) in [5, 5.41) is 9.64. The summed E-state index contributed by atoms with van der Waals surface area (Å²) in [4.78, 5) is 23.6. The molecule has 102 valence electrons. The summed E-state index contributed by atoms with van der Waals surface area (Å²) in [7, 11) is 0. The molecule has 0 bridgehead atoms. The van der Waals surface area contributed by atoms with E-state index in [0.29, 0.717) is 5.56 Å². The Hall–Kier alpha value is -2.53. The van der Waals surface area contributed by atoms with E-state index < -0.39 is 0 Å². The maximum atomic E-state index is 12.1. The summed E-state index contributed by atoms with van der Waals surface area (Å²) in [5.41, 5.74) is 6.03. The molecule has 0 spiro atoms. The molecule has 5 heteroatoms. The van der Waals surface area contributed by atoms with Crippen molar-refractivity contribution in [1.82, 2.24) is 0 Å². The number of aromatic nitrogens is 1. The molecule has 0 saturated carbocycles. The van der Waals surface area contributed by atoms with E-state index in [9.17, 15) is 14.7 Å². The van der Waals surface area contributed by atoms with Gasteiger partial charge in [-0.15, -0.1) is 0 Å². The van der Waals surface area contributed by atoms with Crippen LogP contribution in [0.3, 0.4) is 0 Å². The zero-order valence-electron chi connectivity index (χ0n) is 10.8. The molecule has 3 N–H and O–H groups in total. The number of benzene rings is 1. The van der Waals surface area contributed by atoms with E-state index in [-0.39, 0.29) is 36.0 Å². The third-order valence-corrected chi connectivity index (χ3v) is 2.90. The molecule has 2 aromatic rings. The highest BCUT2D eigenvalue weighted by Crippen LogP contribution is 2.15. The van der Waals surface area contributed by atoms with Crippen molar-refractivity contribution in [2.24, 2.45) is 5.73 Å². The molecule has 20 heavy (non-hydrogen) atoms. The molecule has 0 unspecified atom stereocenters. The molecule has 2 rings (SSSR count). The summed E-state index contributed by atoms with van der Waals surface area (Å²) >= 11 is 0. The molecule has 0 aliphatic rings. The highest BCUT2D eigenvalue weighted by Gasteiger charge is 2.16. The van der Waals surface area contributed by atoms with Crippen molar-refractivity contribution < 1.29 is 19.3 Å². The van der Waals surface area contributed by atoms with Crippen LogP contribution >= 0.6 is 0 Å². The largest absolute Gasteiger partial charge is 0.507 e. The summed E-state index contributed by atoms with van der Waals surface area (Å²) in [6.07, 6.45) is 3.26. The number of carbonyl (C=O) groups is 2. The van der Waals surface area contributed by atoms with E-state index >= 15 is 0 Å². The average Bonchev–Trinajstić information content (AvgIpc) is 2.47. The Kier molecular flexibility index (Phi) is 4.22. The van der Waals surface area contributed by atoms with E-state index in [0.717, 1.165) is 0 Å². The van der Waals surface area contributed by atoms with Crippen LogP contribution in [0.5, 0.6) is 5.75 Å². The van der Waals surface area contributed by atoms with Crippen LogP contribution in [-0.2, 0) is 6.54 Å². The van der Waals surface area contributed by atoms with Crippen molar-refractivity contribution in [3.05, 3.63) is 59.9 Å². The highest BCUT2D eigenvalue weighted by molar-refractivity contribution is 5.98. The van der Waals surface area contributed by atoms with E-state index in [2.05, 4.69) is 0 Å². The lowest BCUT2D eigenvalue weighted by Crippen LogP contribution is -2.38. The Morgan fingerprint density at radius 3 is 2.55 bits per heavy atom. The van der Waals surface area contributed by atoms with E-state index in [1.54, 1.807) is 47.3 Å². The maximum absolute atomic E-state index is 12.1. The van der Waals surface area contributed by atoms with E-state index in [1.165, 1.54) is 6.07 Å². The number of phenolic OH excluding ortho intramolecular Hbond substituents is 1. The van der Waals surface area contributed by atoms with Crippen molar-refractivity contribution in [2.45, 2.75) is 6.54 Å². The number of carbonyl (C=O) groups excluding carboxylic acids is 2. The van der Waals surface area contributed by atoms with Gasteiger partial charge in [-0.2, -0.15) is 4.57 Å². The first-order valence-electron chi connectivity index (χ1n) is 6.15. The Labute approximate surface area is 116 Å². The number of rotatable bonds is 5. The number of nitrogens with zero attached hydrogens (tertiary/aromatic N) is 1. The predicted molar refractivity (Wildman–Crippen MR) is 72.5 cm³/mol. The van der Waals surface area contributed by atoms with E-state index in [1.807, 2.05) is 0 Å². The van der Waals surface area contributed by atoms with E-state index in [4.69, 9.17) is 5.73 Å². The molecule has 1 heterocycles. The number of nitrogens with two attached hydrogens (primary N) is 1.